The summed E-state index contributed by atoms with van der Waals surface area (Å²) in [5.74, 6) is -0.392. The predicted molar refractivity (Wildman–Crippen MR) is 137 cm³/mol. The molecule has 6 nitrogen and oxygen atoms in total. The fourth-order valence-corrected chi connectivity index (χ4v) is 5.94. The lowest BCUT2D eigenvalue weighted by molar-refractivity contribution is -0.127. The van der Waals surface area contributed by atoms with Gasteiger partial charge in [-0.15, -0.1) is 11.3 Å². The maximum Gasteiger partial charge on any atom is 0.277 e. The largest absolute Gasteiger partial charge is 0.351 e. The Labute approximate surface area is 208 Å². The van der Waals surface area contributed by atoms with Crippen molar-refractivity contribution in [3.05, 3.63) is 58.1 Å². The van der Waals surface area contributed by atoms with Crippen molar-refractivity contribution in [3.63, 3.8) is 0 Å². The molecule has 34 heavy (non-hydrogen) atoms. The Hall–Kier alpha value is -2.64. The number of rotatable bonds is 4. The van der Waals surface area contributed by atoms with Gasteiger partial charge in [0.05, 0.1) is 11.4 Å². The Bertz CT molecular complexity index is 1210. The molecule has 3 heterocycles. The van der Waals surface area contributed by atoms with E-state index in [1.807, 2.05) is 43.5 Å². The molecule has 2 aromatic heterocycles. The molecular weight excluding hydrogens is 468 g/mol. The van der Waals surface area contributed by atoms with Crippen LogP contribution in [0.2, 0.25) is 5.02 Å². The van der Waals surface area contributed by atoms with Crippen LogP contribution in [0.5, 0.6) is 0 Å². The number of amides is 2. The van der Waals surface area contributed by atoms with E-state index in [0.717, 1.165) is 41.8 Å². The lowest BCUT2D eigenvalue weighted by Crippen LogP contribution is -2.65. The van der Waals surface area contributed by atoms with Crippen LogP contribution in [0, 0.1) is 6.92 Å². The molecule has 1 fully saturated rings. The minimum atomic E-state index is -1.15. The van der Waals surface area contributed by atoms with Crippen molar-refractivity contribution >= 4 is 40.4 Å². The predicted octanol–water partition coefficient (Wildman–Crippen LogP) is 5.83. The normalized spacial score (nSPS) is 21.3. The smallest absolute Gasteiger partial charge is 0.277 e. The lowest BCUT2D eigenvalue weighted by atomic mass is 9.92. The molecule has 2 amide bonds. The first-order chi connectivity index (χ1) is 16.4. The van der Waals surface area contributed by atoms with Crippen molar-refractivity contribution in [1.82, 2.24) is 15.1 Å². The SMILES string of the molecule is Cc1ccc(Cl)cc1N1C(=O)c2cc(-c3cccs3)nn2C[C@]1(C)C(=O)NC1CCCCCC1. The van der Waals surface area contributed by atoms with E-state index in [4.69, 9.17) is 16.7 Å². The third-order valence-corrected chi connectivity index (χ3v) is 8.15. The summed E-state index contributed by atoms with van der Waals surface area (Å²) in [5.41, 5.74) is 1.61. The molecular formula is C26H29ClN4O2S. The number of benzene rings is 1. The maximum absolute atomic E-state index is 14.0. The van der Waals surface area contributed by atoms with Crippen molar-refractivity contribution in [2.45, 2.75) is 70.5 Å². The van der Waals surface area contributed by atoms with Crippen LogP contribution in [0.15, 0.2) is 41.8 Å². The van der Waals surface area contributed by atoms with Gasteiger partial charge in [0, 0.05) is 16.8 Å². The number of aryl methyl sites for hydroxylation is 1. The fourth-order valence-electron chi connectivity index (χ4n) is 5.09. The Balaban J connectivity index is 1.58. The molecule has 1 atom stereocenters. The average molecular weight is 497 g/mol. The third kappa shape index (κ3) is 4.16. The fraction of sp³-hybridized carbons (Fsp3) is 0.423. The summed E-state index contributed by atoms with van der Waals surface area (Å²) in [6, 6.07) is 11.4. The number of thiophene rings is 1. The summed E-state index contributed by atoms with van der Waals surface area (Å²) in [5, 5.41) is 10.5. The lowest BCUT2D eigenvalue weighted by Gasteiger charge is -2.44. The van der Waals surface area contributed by atoms with E-state index in [2.05, 4.69) is 5.32 Å². The van der Waals surface area contributed by atoms with Crippen LogP contribution in [0.1, 0.15) is 61.5 Å². The van der Waals surface area contributed by atoms with Gasteiger partial charge < -0.3 is 5.32 Å². The third-order valence-electron chi connectivity index (χ3n) is 7.02. The van der Waals surface area contributed by atoms with Crippen LogP contribution in [0.4, 0.5) is 5.69 Å². The van der Waals surface area contributed by atoms with E-state index in [1.54, 1.807) is 33.1 Å². The molecule has 0 bridgehead atoms. The highest BCUT2D eigenvalue weighted by Gasteiger charge is 2.49. The van der Waals surface area contributed by atoms with E-state index in [0.29, 0.717) is 16.4 Å². The summed E-state index contributed by atoms with van der Waals surface area (Å²) in [6.07, 6.45) is 6.59. The van der Waals surface area contributed by atoms with Gasteiger partial charge in [0.2, 0.25) is 5.91 Å². The number of anilines is 1. The number of carbonyl (C=O) groups excluding carboxylic acids is 2. The highest BCUT2D eigenvalue weighted by atomic mass is 35.5. The minimum absolute atomic E-state index is 0.130. The van der Waals surface area contributed by atoms with Crippen LogP contribution in [-0.4, -0.2) is 33.2 Å². The summed E-state index contributed by atoms with van der Waals surface area (Å²) in [7, 11) is 0. The molecule has 0 radical (unpaired) electrons. The second kappa shape index (κ2) is 9.19. The van der Waals surface area contributed by atoms with Crippen molar-refractivity contribution in [3.8, 4) is 10.6 Å². The summed E-state index contributed by atoms with van der Waals surface area (Å²) in [4.78, 5) is 30.5. The first-order valence-corrected chi connectivity index (χ1v) is 13.2. The Morgan fingerprint density at radius 2 is 1.94 bits per heavy atom. The number of hydrogen-bond acceptors (Lipinski definition) is 4. The molecule has 0 unspecified atom stereocenters. The highest BCUT2D eigenvalue weighted by molar-refractivity contribution is 7.13. The molecule has 3 aromatic rings. The van der Waals surface area contributed by atoms with Gasteiger partial charge in [-0.1, -0.05) is 49.4 Å². The van der Waals surface area contributed by atoms with Crippen molar-refractivity contribution in [2.75, 3.05) is 4.90 Å². The highest BCUT2D eigenvalue weighted by Crippen LogP contribution is 2.37. The number of nitrogens with one attached hydrogen (secondary N) is 1. The van der Waals surface area contributed by atoms with Gasteiger partial charge in [0.1, 0.15) is 16.9 Å². The van der Waals surface area contributed by atoms with Crippen molar-refractivity contribution in [2.24, 2.45) is 0 Å². The number of nitrogens with zero attached hydrogens (tertiary/aromatic N) is 3. The topological polar surface area (TPSA) is 67.2 Å². The molecule has 0 spiro atoms. The number of carbonyl (C=O) groups is 2. The quantitative estimate of drug-likeness (QED) is 0.462. The molecule has 1 saturated carbocycles. The molecule has 1 aliphatic carbocycles. The van der Waals surface area contributed by atoms with Crippen molar-refractivity contribution < 1.29 is 9.59 Å². The number of fused-ring (bicyclic) bond motifs is 1. The molecule has 0 saturated heterocycles. The average Bonchev–Trinajstić information content (AvgIpc) is 3.41. The molecule has 1 aromatic carbocycles. The Kier molecular flexibility index (Phi) is 6.25. The second-order valence-corrected chi connectivity index (χ2v) is 10.9. The number of hydrogen-bond donors (Lipinski definition) is 1. The molecule has 2 aliphatic rings. The monoisotopic (exact) mass is 496 g/mol. The summed E-state index contributed by atoms with van der Waals surface area (Å²) >= 11 is 7.92. The number of halogens is 1. The van der Waals surface area contributed by atoms with Crippen LogP contribution in [-0.2, 0) is 11.3 Å². The van der Waals surface area contributed by atoms with Gasteiger partial charge in [-0.2, -0.15) is 5.10 Å². The molecule has 5 rings (SSSR count). The summed E-state index contributed by atoms with van der Waals surface area (Å²) < 4.78 is 1.69. The van der Waals surface area contributed by atoms with Gasteiger partial charge >= 0.3 is 0 Å². The Morgan fingerprint density at radius 3 is 2.65 bits per heavy atom. The number of aromatic nitrogens is 2. The van der Waals surface area contributed by atoms with Gasteiger partial charge in [-0.05, 0) is 61.9 Å². The first-order valence-electron chi connectivity index (χ1n) is 11.9. The minimum Gasteiger partial charge on any atom is -0.351 e. The second-order valence-electron chi connectivity index (χ2n) is 9.56. The van der Waals surface area contributed by atoms with Crippen LogP contribution < -0.4 is 10.2 Å². The van der Waals surface area contributed by atoms with Gasteiger partial charge in [0.25, 0.3) is 5.91 Å². The van der Waals surface area contributed by atoms with E-state index in [-0.39, 0.29) is 24.4 Å². The zero-order chi connectivity index (χ0) is 23.9. The summed E-state index contributed by atoms with van der Waals surface area (Å²) in [6.45, 7) is 4.04. The maximum atomic E-state index is 14.0. The standard InChI is InChI=1S/C26H29ClN4O2S/c1-17-11-12-18(27)14-21(17)31-24(32)22-15-20(23-10-7-13-34-23)29-30(22)16-26(31,2)25(33)28-19-8-5-3-4-6-9-19/h7,10-15,19H,3-6,8-9,16H2,1-2H3,(H,28,33)/t26-/m1/s1. The first kappa shape index (κ1) is 23.1. The van der Waals surface area contributed by atoms with E-state index in [9.17, 15) is 9.59 Å². The Morgan fingerprint density at radius 1 is 1.18 bits per heavy atom. The zero-order valence-corrected chi connectivity index (χ0v) is 21.1. The zero-order valence-electron chi connectivity index (χ0n) is 19.5. The van der Waals surface area contributed by atoms with E-state index >= 15 is 0 Å². The van der Waals surface area contributed by atoms with E-state index in [1.165, 1.54) is 12.8 Å². The van der Waals surface area contributed by atoms with Crippen LogP contribution >= 0.6 is 22.9 Å². The van der Waals surface area contributed by atoms with Gasteiger partial charge in [-0.3, -0.25) is 19.2 Å². The molecule has 1 N–H and O–H groups in total. The van der Waals surface area contributed by atoms with Gasteiger partial charge in [0.15, 0.2) is 0 Å². The van der Waals surface area contributed by atoms with Crippen molar-refractivity contribution in [1.29, 1.82) is 0 Å². The molecule has 1 aliphatic heterocycles. The van der Waals surface area contributed by atoms with E-state index < -0.39 is 5.54 Å². The van der Waals surface area contributed by atoms with Gasteiger partial charge in [-0.25, -0.2) is 0 Å². The molecule has 8 heteroatoms. The van der Waals surface area contributed by atoms with Crippen LogP contribution in [0.3, 0.4) is 0 Å². The molecule has 178 valence electrons. The van der Waals surface area contributed by atoms with Crippen LogP contribution in [0.25, 0.3) is 10.6 Å².